The molecule has 0 bridgehead atoms. The fourth-order valence-corrected chi connectivity index (χ4v) is 2.31. The number of hydrogen-bond donors (Lipinski definition) is 1. The first-order valence-corrected chi connectivity index (χ1v) is 6.58. The molecule has 1 aromatic carbocycles. The van der Waals surface area contributed by atoms with Gasteiger partial charge < -0.3 is 5.32 Å². The number of halogens is 1. The highest BCUT2D eigenvalue weighted by Gasteiger charge is 2.16. The molecule has 19 heavy (non-hydrogen) atoms. The molecular weight excluding hydrogens is 288 g/mol. The molecule has 0 unspecified atom stereocenters. The molecule has 5 nitrogen and oxygen atoms in total. The van der Waals surface area contributed by atoms with Crippen molar-refractivity contribution in [2.75, 3.05) is 0 Å². The van der Waals surface area contributed by atoms with Gasteiger partial charge in [-0.3, -0.25) is 14.9 Å². The molecule has 1 N–H and O–H groups in total. The molecule has 0 aliphatic heterocycles. The molecule has 1 aromatic heterocycles. The van der Waals surface area contributed by atoms with E-state index >= 15 is 0 Å². The van der Waals surface area contributed by atoms with Crippen molar-refractivity contribution in [1.82, 2.24) is 5.32 Å². The molecule has 1 amide bonds. The Hall–Kier alpha value is -1.92. The molecule has 1 heterocycles. The fourth-order valence-electron chi connectivity index (χ4n) is 1.48. The Balaban J connectivity index is 2.11. The molecular formula is C12H9ClN2O3S. The molecule has 0 aliphatic carbocycles. The summed E-state index contributed by atoms with van der Waals surface area (Å²) < 4.78 is 0. The number of carbonyl (C=O) groups excluding carboxylic acids is 1. The Kier molecular flexibility index (Phi) is 4.13. The SMILES string of the molecule is O=C(NCc1cccs1)c1ccc(Cl)c([N+](=O)[O-])c1. The van der Waals surface area contributed by atoms with E-state index in [1.807, 2.05) is 17.5 Å². The largest absolute Gasteiger partial charge is 0.347 e. The third-order valence-electron chi connectivity index (χ3n) is 2.41. The number of nitro benzene ring substituents is 1. The van der Waals surface area contributed by atoms with Gasteiger partial charge in [-0.15, -0.1) is 11.3 Å². The number of thiophene rings is 1. The number of benzene rings is 1. The molecule has 0 atom stereocenters. The lowest BCUT2D eigenvalue weighted by Gasteiger charge is -2.04. The first-order chi connectivity index (χ1) is 9.08. The summed E-state index contributed by atoms with van der Waals surface area (Å²) >= 11 is 7.21. The molecule has 0 fully saturated rings. The van der Waals surface area contributed by atoms with E-state index in [0.717, 1.165) is 4.88 Å². The first-order valence-electron chi connectivity index (χ1n) is 5.32. The molecule has 0 radical (unpaired) electrons. The third kappa shape index (κ3) is 3.30. The van der Waals surface area contributed by atoms with Gasteiger partial charge in [0.15, 0.2) is 0 Å². The van der Waals surface area contributed by atoms with Crippen LogP contribution >= 0.6 is 22.9 Å². The van der Waals surface area contributed by atoms with Crippen LogP contribution in [0.1, 0.15) is 15.2 Å². The fraction of sp³-hybridized carbons (Fsp3) is 0.0833. The lowest BCUT2D eigenvalue weighted by Crippen LogP contribution is -2.22. The molecule has 0 aliphatic rings. The molecule has 0 saturated heterocycles. The minimum Gasteiger partial charge on any atom is -0.347 e. The number of hydrogen-bond acceptors (Lipinski definition) is 4. The van der Waals surface area contributed by atoms with E-state index in [2.05, 4.69) is 5.32 Å². The average Bonchev–Trinajstić information content (AvgIpc) is 2.89. The van der Waals surface area contributed by atoms with Crippen molar-refractivity contribution in [2.45, 2.75) is 6.54 Å². The third-order valence-corrected chi connectivity index (χ3v) is 3.60. The number of nitrogens with zero attached hydrogens (tertiary/aromatic N) is 1. The van der Waals surface area contributed by atoms with Crippen molar-refractivity contribution < 1.29 is 9.72 Å². The van der Waals surface area contributed by atoms with E-state index < -0.39 is 4.92 Å². The van der Waals surface area contributed by atoms with Crippen LogP contribution in [0.3, 0.4) is 0 Å². The van der Waals surface area contributed by atoms with Crippen molar-refractivity contribution in [2.24, 2.45) is 0 Å². The predicted molar refractivity (Wildman–Crippen MR) is 73.6 cm³/mol. The normalized spacial score (nSPS) is 10.2. The lowest BCUT2D eigenvalue weighted by molar-refractivity contribution is -0.384. The molecule has 2 rings (SSSR count). The molecule has 98 valence electrons. The summed E-state index contributed by atoms with van der Waals surface area (Å²) in [6.45, 7) is 0.396. The van der Waals surface area contributed by atoms with Gasteiger partial charge in [-0.2, -0.15) is 0 Å². The van der Waals surface area contributed by atoms with Crippen LogP contribution in [0.2, 0.25) is 5.02 Å². The lowest BCUT2D eigenvalue weighted by atomic mass is 10.2. The van der Waals surface area contributed by atoms with Crippen molar-refractivity contribution in [3.8, 4) is 0 Å². The topological polar surface area (TPSA) is 72.2 Å². The maximum atomic E-state index is 11.9. The maximum absolute atomic E-state index is 11.9. The van der Waals surface area contributed by atoms with Gasteiger partial charge in [0.2, 0.25) is 0 Å². The Morgan fingerprint density at radius 3 is 2.84 bits per heavy atom. The monoisotopic (exact) mass is 296 g/mol. The standard InChI is InChI=1S/C12H9ClN2O3S/c13-10-4-3-8(6-11(10)15(17)18)12(16)14-7-9-2-1-5-19-9/h1-6H,7H2,(H,14,16). The van der Waals surface area contributed by atoms with E-state index in [-0.39, 0.29) is 22.2 Å². The van der Waals surface area contributed by atoms with Crippen LogP contribution in [0.15, 0.2) is 35.7 Å². The number of carbonyl (C=O) groups is 1. The van der Waals surface area contributed by atoms with Crippen LogP contribution in [0, 0.1) is 10.1 Å². The van der Waals surface area contributed by atoms with Gasteiger partial charge in [0.25, 0.3) is 11.6 Å². The first kappa shape index (κ1) is 13.5. The number of nitrogens with one attached hydrogen (secondary N) is 1. The second-order valence-corrected chi connectivity index (χ2v) is 5.12. The zero-order valence-corrected chi connectivity index (χ0v) is 11.2. The smallest absolute Gasteiger partial charge is 0.288 e. The zero-order valence-electron chi connectivity index (χ0n) is 9.63. The predicted octanol–water partition coefficient (Wildman–Crippen LogP) is 3.24. The molecule has 7 heteroatoms. The molecule has 0 saturated carbocycles. The van der Waals surface area contributed by atoms with Crippen LogP contribution < -0.4 is 5.32 Å². The minimum atomic E-state index is -0.613. The summed E-state index contributed by atoms with van der Waals surface area (Å²) in [5, 5.41) is 15.4. The van der Waals surface area contributed by atoms with Crippen LogP contribution in [0.4, 0.5) is 5.69 Å². The van der Waals surface area contributed by atoms with Crippen molar-refractivity contribution in [3.63, 3.8) is 0 Å². The molecule has 2 aromatic rings. The Morgan fingerprint density at radius 1 is 1.42 bits per heavy atom. The van der Waals surface area contributed by atoms with Crippen molar-refractivity contribution in [1.29, 1.82) is 0 Å². The van der Waals surface area contributed by atoms with Crippen LogP contribution in [0.25, 0.3) is 0 Å². The van der Waals surface area contributed by atoms with E-state index in [1.165, 1.54) is 29.5 Å². The number of nitro groups is 1. The average molecular weight is 297 g/mol. The van der Waals surface area contributed by atoms with Crippen molar-refractivity contribution in [3.05, 3.63) is 61.3 Å². The second-order valence-electron chi connectivity index (χ2n) is 3.69. The summed E-state index contributed by atoms with van der Waals surface area (Å²) in [7, 11) is 0. The van der Waals surface area contributed by atoms with Crippen LogP contribution in [0.5, 0.6) is 0 Å². The summed E-state index contributed by atoms with van der Waals surface area (Å²) in [4.78, 5) is 23.0. The van der Waals surface area contributed by atoms with Gasteiger partial charge in [0, 0.05) is 16.5 Å². The van der Waals surface area contributed by atoms with Crippen molar-refractivity contribution >= 4 is 34.5 Å². The summed E-state index contributed by atoms with van der Waals surface area (Å²) in [5.74, 6) is -0.367. The van der Waals surface area contributed by atoms with Gasteiger partial charge in [0.05, 0.1) is 11.5 Å². The van der Waals surface area contributed by atoms with Crippen LogP contribution in [-0.4, -0.2) is 10.8 Å². The highest BCUT2D eigenvalue weighted by Crippen LogP contribution is 2.25. The highest BCUT2D eigenvalue weighted by atomic mass is 35.5. The van der Waals surface area contributed by atoms with E-state index in [0.29, 0.717) is 6.54 Å². The Bertz CT molecular complexity index is 613. The summed E-state index contributed by atoms with van der Waals surface area (Å²) in [6.07, 6.45) is 0. The Morgan fingerprint density at radius 2 is 2.21 bits per heavy atom. The van der Waals surface area contributed by atoms with E-state index in [4.69, 9.17) is 11.6 Å². The molecule has 0 spiro atoms. The quantitative estimate of drug-likeness (QED) is 0.695. The van der Waals surface area contributed by atoms with Gasteiger partial charge in [-0.25, -0.2) is 0 Å². The Labute approximate surface area is 118 Å². The number of rotatable bonds is 4. The highest BCUT2D eigenvalue weighted by molar-refractivity contribution is 7.09. The van der Waals surface area contributed by atoms with Gasteiger partial charge >= 0.3 is 0 Å². The van der Waals surface area contributed by atoms with Gasteiger partial charge in [-0.1, -0.05) is 17.7 Å². The number of amides is 1. The van der Waals surface area contributed by atoms with Crippen LogP contribution in [-0.2, 0) is 6.54 Å². The second kappa shape index (κ2) is 5.81. The summed E-state index contributed by atoms with van der Waals surface area (Å²) in [6, 6.07) is 7.76. The van der Waals surface area contributed by atoms with E-state index in [1.54, 1.807) is 0 Å². The minimum absolute atomic E-state index is 0.0137. The van der Waals surface area contributed by atoms with Gasteiger partial charge in [0.1, 0.15) is 5.02 Å². The maximum Gasteiger partial charge on any atom is 0.288 e. The zero-order chi connectivity index (χ0) is 13.8. The summed E-state index contributed by atoms with van der Waals surface area (Å²) in [5.41, 5.74) is -0.0573. The van der Waals surface area contributed by atoms with Gasteiger partial charge in [-0.05, 0) is 23.6 Å². The van der Waals surface area contributed by atoms with E-state index in [9.17, 15) is 14.9 Å².